The Bertz CT molecular complexity index is 853. The molecule has 1 atom stereocenters. The van der Waals surface area contributed by atoms with Crippen molar-refractivity contribution in [3.63, 3.8) is 0 Å². The lowest BCUT2D eigenvalue weighted by Crippen LogP contribution is -2.35. The number of hydrogen-bond acceptors (Lipinski definition) is 5. The molecule has 0 radical (unpaired) electrons. The van der Waals surface area contributed by atoms with E-state index in [1.54, 1.807) is 32.4 Å². The van der Waals surface area contributed by atoms with Crippen LogP contribution in [0.2, 0.25) is 0 Å². The molecule has 0 aliphatic carbocycles. The van der Waals surface area contributed by atoms with E-state index in [0.717, 1.165) is 5.56 Å². The third-order valence-electron chi connectivity index (χ3n) is 4.18. The van der Waals surface area contributed by atoms with Crippen LogP contribution >= 0.6 is 0 Å². The molecule has 0 saturated carbocycles. The fourth-order valence-electron chi connectivity index (χ4n) is 2.68. The summed E-state index contributed by atoms with van der Waals surface area (Å²) in [5.41, 5.74) is 0.826. The van der Waals surface area contributed by atoms with Gasteiger partial charge in [0.2, 0.25) is 0 Å². The van der Waals surface area contributed by atoms with Crippen LogP contribution in [0.25, 0.3) is 0 Å². The number of carbonyl (C=O) groups is 1. The van der Waals surface area contributed by atoms with Crippen molar-refractivity contribution in [1.29, 1.82) is 5.26 Å². The molecular formula is C23H28N2O4. The second kappa shape index (κ2) is 9.83. The third-order valence-corrected chi connectivity index (χ3v) is 4.18. The minimum atomic E-state index is -0.553. The number of nitrogens with zero attached hydrogens (tertiary/aromatic N) is 2. The first-order chi connectivity index (χ1) is 13.7. The molecule has 2 aromatic carbocycles. The average molecular weight is 396 g/mol. The van der Waals surface area contributed by atoms with E-state index in [2.05, 4.69) is 6.07 Å². The van der Waals surface area contributed by atoms with Crippen molar-refractivity contribution in [3.8, 4) is 17.6 Å². The molecule has 6 nitrogen and oxygen atoms in total. The Balaban J connectivity index is 2.19. The summed E-state index contributed by atoms with van der Waals surface area (Å²) in [4.78, 5) is 13.8. The molecule has 0 aromatic heterocycles. The van der Waals surface area contributed by atoms with E-state index < -0.39 is 5.60 Å². The van der Waals surface area contributed by atoms with E-state index >= 15 is 0 Å². The summed E-state index contributed by atoms with van der Waals surface area (Å²) in [6.45, 7) is 5.93. The number of rotatable bonds is 7. The van der Waals surface area contributed by atoms with Crippen LogP contribution < -0.4 is 9.47 Å². The minimum absolute atomic E-state index is 0.347. The van der Waals surface area contributed by atoms with Gasteiger partial charge < -0.3 is 19.1 Å². The molecular weight excluding hydrogens is 368 g/mol. The molecule has 0 aliphatic rings. The zero-order valence-corrected chi connectivity index (χ0v) is 17.6. The molecule has 29 heavy (non-hydrogen) atoms. The smallest absolute Gasteiger partial charge is 0.410 e. The summed E-state index contributed by atoms with van der Waals surface area (Å²) < 4.78 is 16.9. The van der Waals surface area contributed by atoms with Gasteiger partial charge in [-0.2, -0.15) is 5.26 Å². The first kappa shape index (κ1) is 22.1. The standard InChI is InChI=1S/C23H28N2O4/c1-23(2,3)29-22(26)25(4)14-13-20(17-9-7-6-8-10-17)28-21-15-19(27-5)12-11-18(21)16-24/h6-12,15,20H,13-14H2,1-5H3/t20-/m1/s1. The highest BCUT2D eigenvalue weighted by Crippen LogP contribution is 2.30. The Morgan fingerprint density at radius 1 is 1.17 bits per heavy atom. The second-order valence-electron chi connectivity index (χ2n) is 7.68. The van der Waals surface area contributed by atoms with Crippen molar-refractivity contribution in [2.75, 3.05) is 20.7 Å². The Morgan fingerprint density at radius 3 is 2.45 bits per heavy atom. The van der Waals surface area contributed by atoms with Crippen molar-refractivity contribution in [2.45, 2.75) is 38.9 Å². The lowest BCUT2D eigenvalue weighted by atomic mass is 10.1. The molecule has 0 unspecified atom stereocenters. The Labute approximate surface area is 172 Å². The number of ether oxygens (including phenoxy) is 3. The maximum absolute atomic E-state index is 12.3. The van der Waals surface area contributed by atoms with Crippen molar-refractivity contribution >= 4 is 6.09 Å². The molecule has 0 bridgehead atoms. The fraction of sp³-hybridized carbons (Fsp3) is 0.391. The molecule has 0 fully saturated rings. The van der Waals surface area contributed by atoms with Gasteiger partial charge in [-0.15, -0.1) is 0 Å². The number of nitriles is 1. The predicted molar refractivity (Wildman–Crippen MR) is 111 cm³/mol. The zero-order valence-electron chi connectivity index (χ0n) is 17.6. The highest BCUT2D eigenvalue weighted by molar-refractivity contribution is 5.67. The Hall–Kier alpha value is -3.20. The molecule has 1 amide bonds. The van der Waals surface area contributed by atoms with Gasteiger partial charge in [-0.25, -0.2) is 4.79 Å². The maximum atomic E-state index is 12.3. The lowest BCUT2D eigenvalue weighted by molar-refractivity contribution is 0.0278. The van der Waals surface area contributed by atoms with Crippen molar-refractivity contribution in [1.82, 2.24) is 4.90 Å². The van der Waals surface area contributed by atoms with Gasteiger partial charge in [-0.3, -0.25) is 0 Å². The van der Waals surface area contributed by atoms with Crippen LogP contribution in [-0.4, -0.2) is 37.3 Å². The van der Waals surface area contributed by atoms with Crippen LogP contribution in [0.5, 0.6) is 11.5 Å². The summed E-state index contributed by atoms with van der Waals surface area (Å²) in [5, 5.41) is 9.42. The molecule has 0 heterocycles. The fourth-order valence-corrected chi connectivity index (χ4v) is 2.68. The van der Waals surface area contributed by atoms with E-state index in [1.165, 1.54) is 4.90 Å². The maximum Gasteiger partial charge on any atom is 0.410 e. The topological polar surface area (TPSA) is 71.8 Å². The van der Waals surface area contributed by atoms with E-state index in [4.69, 9.17) is 14.2 Å². The van der Waals surface area contributed by atoms with Crippen LogP contribution in [0.15, 0.2) is 48.5 Å². The molecule has 2 aromatic rings. The van der Waals surface area contributed by atoms with Crippen LogP contribution in [0.1, 0.15) is 44.4 Å². The number of carbonyl (C=O) groups excluding carboxylic acids is 1. The monoisotopic (exact) mass is 396 g/mol. The van der Waals surface area contributed by atoms with Crippen molar-refractivity contribution in [3.05, 3.63) is 59.7 Å². The quantitative estimate of drug-likeness (QED) is 0.662. The second-order valence-corrected chi connectivity index (χ2v) is 7.68. The van der Waals surface area contributed by atoms with Gasteiger partial charge in [0.25, 0.3) is 0 Å². The highest BCUT2D eigenvalue weighted by Gasteiger charge is 2.22. The van der Waals surface area contributed by atoms with Crippen LogP contribution in [0.3, 0.4) is 0 Å². The first-order valence-corrected chi connectivity index (χ1v) is 9.47. The summed E-state index contributed by atoms with van der Waals surface area (Å²) in [6, 6.07) is 17.0. The molecule has 0 N–H and O–H groups in total. The summed E-state index contributed by atoms with van der Waals surface area (Å²) in [7, 11) is 3.26. The summed E-state index contributed by atoms with van der Waals surface area (Å²) in [6.07, 6.45) is -0.203. The molecule has 154 valence electrons. The number of amides is 1. The predicted octanol–water partition coefficient (Wildman–Crippen LogP) is 4.94. The number of hydrogen-bond donors (Lipinski definition) is 0. The Kier molecular flexibility index (Phi) is 7.49. The zero-order chi connectivity index (χ0) is 21.4. The molecule has 0 saturated heterocycles. The molecule has 0 aliphatic heterocycles. The molecule has 0 spiro atoms. The number of methoxy groups -OCH3 is 1. The van der Waals surface area contributed by atoms with Crippen LogP contribution in [-0.2, 0) is 4.74 Å². The highest BCUT2D eigenvalue weighted by atomic mass is 16.6. The van der Waals surface area contributed by atoms with E-state index in [1.807, 2.05) is 51.1 Å². The van der Waals surface area contributed by atoms with Gasteiger partial charge in [0, 0.05) is 26.1 Å². The van der Waals surface area contributed by atoms with Gasteiger partial charge in [0.05, 0.1) is 12.7 Å². The van der Waals surface area contributed by atoms with Gasteiger partial charge in [0.15, 0.2) is 0 Å². The molecule has 2 rings (SSSR count). The van der Waals surface area contributed by atoms with Crippen molar-refractivity contribution < 1.29 is 19.0 Å². The van der Waals surface area contributed by atoms with Crippen LogP contribution in [0.4, 0.5) is 4.79 Å². The van der Waals surface area contributed by atoms with Gasteiger partial charge in [-0.05, 0) is 38.5 Å². The van der Waals surface area contributed by atoms with Crippen LogP contribution in [0, 0.1) is 11.3 Å². The SMILES string of the molecule is COc1ccc(C#N)c(O[C@H](CCN(C)C(=O)OC(C)(C)C)c2ccccc2)c1. The largest absolute Gasteiger partial charge is 0.497 e. The number of benzene rings is 2. The van der Waals surface area contributed by atoms with E-state index in [0.29, 0.717) is 30.0 Å². The normalized spacial score (nSPS) is 11.9. The Morgan fingerprint density at radius 2 is 1.86 bits per heavy atom. The van der Waals surface area contributed by atoms with E-state index in [9.17, 15) is 10.1 Å². The minimum Gasteiger partial charge on any atom is -0.497 e. The summed E-state index contributed by atoms with van der Waals surface area (Å²) in [5.74, 6) is 1.05. The first-order valence-electron chi connectivity index (χ1n) is 9.47. The average Bonchev–Trinajstić information content (AvgIpc) is 2.69. The summed E-state index contributed by atoms with van der Waals surface area (Å²) >= 11 is 0. The third kappa shape index (κ3) is 6.72. The molecule has 6 heteroatoms. The van der Waals surface area contributed by atoms with Gasteiger partial charge in [0.1, 0.15) is 29.3 Å². The van der Waals surface area contributed by atoms with Gasteiger partial charge in [-0.1, -0.05) is 30.3 Å². The van der Waals surface area contributed by atoms with Crippen molar-refractivity contribution in [2.24, 2.45) is 0 Å². The lowest BCUT2D eigenvalue weighted by Gasteiger charge is -2.26. The van der Waals surface area contributed by atoms with Gasteiger partial charge >= 0.3 is 6.09 Å². The van der Waals surface area contributed by atoms with E-state index in [-0.39, 0.29) is 12.2 Å².